The lowest BCUT2D eigenvalue weighted by Gasteiger charge is -2.07. The Labute approximate surface area is 164 Å². The zero-order valence-corrected chi connectivity index (χ0v) is 17.0. The fraction of sp³-hybridized carbons (Fsp3) is 0.421. The fourth-order valence-corrected chi connectivity index (χ4v) is 1.87. The lowest BCUT2D eigenvalue weighted by Crippen LogP contribution is -2.28. The van der Waals surface area contributed by atoms with Crippen molar-refractivity contribution in [3.05, 3.63) is 47.7 Å². The Morgan fingerprint density at radius 2 is 2.00 bits per heavy atom. The number of nitrogens with one attached hydrogen (secondary N) is 1. The van der Waals surface area contributed by atoms with Gasteiger partial charge in [0.15, 0.2) is 0 Å². The van der Waals surface area contributed by atoms with Crippen LogP contribution < -0.4 is 11.1 Å². The Morgan fingerprint density at radius 1 is 1.36 bits per heavy atom. The minimum atomic E-state index is -2.60. The van der Waals surface area contributed by atoms with Gasteiger partial charge >= 0.3 is 0 Å². The van der Waals surface area contributed by atoms with Crippen LogP contribution in [0.1, 0.15) is 56.4 Å². The van der Waals surface area contributed by atoms with Crippen molar-refractivity contribution >= 4 is 17.5 Å². The van der Waals surface area contributed by atoms with Crippen LogP contribution in [0.25, 0.3) is 0 Å². The van der Waals surface area contributed by atoms with Gasteiger partial charge in [0, 0.05) is 18.3 Å². The highest BCUT2D eigenvalue weighted by Crippen LogP contribution is 2.17. The molecule has 1 aliphatic rings. The van der Waals surface area contributed by atoms with Crippen LogP contribution in [0.3, 0.4) is 0 Å². The molecule has 1 aromatic heterocycles. The van der Waals surface area contributed by atoms with Crippen LogP contribution >= 0.6 is 0 Å². The Bertz CT molecular complexity index is 757. The van der Waals surface area contributed by atoms with E-state index in [0.717, 1.165) is 0 Å². The zero-order valence-electron chi connectivity index (χ0n) is 17.0. The lowest BCUT2D eigenvalue weighted by atomic mass is 10.1. The van der Waals surface area contributed by atoms with Crippen LogP contribution in [0.2, 0.25) is 0 Å². The summed E-state index contributed by atoms with van der Waals surface area (Å²) >= 11 is 0. The Morgan fingerprint density at radius 3 is 2.61 bits per heavy atom. The summed E-state index contributed by atoms with van der Waals surface area (Å²) in [7, 11) is 0. The van der Waals surface area contributed by atoms with Crippen molar-refractivity contribution in [2.24, 2.45) is 15.7 Å². The number of alkyl halides is 2. The number of hydrogen-bond donors (Lipinski definition) is 2. The van der Waals surface area contributed by atoms with Crippen molar-refractivity contribution in [1.29, 1.82) is 0 Å². The fourth-order valence-electron chi connectivity index (χ4n) is 1.87. The second-order valence-corrected chi connectivity index (χ2v) is 4.98. The number of amides is 1. The first-order chi connectivity index (χ1) is 13.4. The molecule has 0 aliphatic carbocycles. The summed E-state index contributed by atoms with van der Waals surface area (Å²) in [6.07, 6.45) is 1.31. The SMILES string of the molecule is C=C(/C=C\N=C(C)C(F)F)CNC(=O)c1ncnc2c1CN=C2N.CC.CC. The quantitative estimate of drug-likeness (QED) is 0.570. The summed E-state index contributed by atoms with van der Waals surface area (Å²) < 4.78 is 24.5. The van der Waals surface area contributed by atoms with Crippen LogP contribution in [0.4, 0.5) is 8.78 Å². The topological polar surface area (TPSA) is 106 Å². The number of carbonyl (C=O) groups excluding carboxylic acids is 1. The molecule has 2 rings (SSSR count). The highest BCUT2D eigenvalue weighted by molar-refractivity contribution is 6.03. The monoisotopic (exact) mass is 394 g/mol. The number of rotatable bonds is 6. The van der Waals surface area contributed by atoms with E-state index in [1.54, 1.807) is 0 Å². The average molecular weight is 394 g/mol. The molecule has 0 bridgehead atoms. The molecule has 2 heterocycles. The van der Waals surface area contributed by atoms with Crippen LogP contribution in [-0.2, 0) is 6.54 Å². The standard InChI is InChI=1S/C15H16F2N6O.2C2H6/c1-8(3-4-19-9(2)13(16)17)5-21-15(24)12-10-6-20-14(18)11(10)22-7-23-12;2*1-2/h3-4,7,13H,1,5-6H2,2H3,(H2,18,20)(H,21,24);2*1-2H3/b4-3-,19-9?;;. The van der Waals surface area contributed by atoms with Crippen LogP contribution in [0, 0.1) is 0 Å². The minimum Gasteiger partial charge on any atom is -0.382 e. The van der Waals surface area contributed by atoms with Gasteiger partial charge in [-0.25, -0.2) is 18.7 Å². The first kappa shape index (κ1) is 25.0. The molecule has 0 radical (unpaired) electrons. The van der Waals surface area contributed by atoms with Gasteiger partial charge in [-0.15, -0.1) is 0 Å². The summed E-state index contributed by atoms with van der Waals surface area (Å²) in [6, 6.07) is 0. The van der Waals surface area contributed by atoms with Crippen molar-refractivity contribution in [2.45, 2.75) is 47.6 Å². The molecule has 1 aromatic rings. The summed E-state index contributed by atoms with van der Waals surface area (Å²) in [4.78, 5) is 27.8. The van der Waals surface area contributed by atoms with Gasteiger partial charge in [0.25, 0.3) is 12.3 Å². The third-order valence-corrected chi connectivity index (χ3v) is 3.19. The Hall–Kier alpha value is -2.97. The van der Waals surface area contributed by atoms with E-state index in [-0.39, 0.29) is 30.3 Å². The van der Waals surface area contributed by atoms with Gasteiger partial charge in [0.2, 0.25) is 0 Å². The molecule has 3 N–H and O–H groups in total. The van der Waals surface area contributed by atoms with Gasteiger partial charge in [0.05, 0.1) is 12.3 Å². The molecule has 0 spiro atoms. The number of amidine groups is 1. The zero-order chi connectivity index (χ0) is 21.7. The van der Waals surface area contributed by atoms with E-state index in [0.29, 0.717) is 16.8 Å². The molecule has 0 aromatic carbocycles. The predicted octanol–water partition coefficient (Wildman–Crippen LogP) is 3.27. The van der Waals surface area contributed by atoms with Gasteiger partial charge in [-0.1, -0.05) is 34.3 Å². The third-order valence-electron chi connectivity index (χ3n) is 3.19. The minimum absolute atomic E-state index is 0.119. The van der Waals surface area contributed by atoms with Crippen molar-refractivity contribution < 1.29 is 13.6 Å². The highest BCUT2D eigenvalue weighted by Gasteiger charge is 2.22. The van der Waals surface area contributed by atoms with Crippen LogP contribution in [-0.4, -0.2) is 40.4 Å². The molecule has 0 saturated carbocycles. The molecule has 0 atom stereocenters. The number of carbonyl (C=O) groups is 1. The second-order valence-electron chi connectivity index (χ2n) is 4.98. The molecule has 0 unspecified atom stereocenters. The van der Waals surface area contributed by atoms with Gasteiger partial charge in [-0.05, 0) is 18.6 Å². The van der Waals surface area contributed by atoms with Crippen molar-refractivity contribution in [3.63, 3.8) is 0 Å². The number of nitrogens with zero attached hydrogens (tertiary/aromatic N) is 4. The number of aromatic nitrogens is 2. The molecule has 28 heavy (non-hydrogen) atoms. The number of fused-ring (bicyclic) bond motifs is 1. The van der Waals surface area contributed by atoms with E-state index in [1.165, 1.54) is 25.5 Å². The summed E-state index contributed by atoms with van der Waals surface area (Å²) in [5, 5.41) is 2.64. The van der Waals surface area contributed by atoms with Gasteiger partial charge in [-0.3, -0.25) is 14.8 Å². The van der Waals surface area contributed by atoms with Gasteiger partial charge in [-0.2, -0.15) is 0 Å². The summed E-state index contributed by atoms with van der Waals surface area (Å²) in [5.41, 5.74) is 7.12. The molecule has 154 valence electrons. The van der Waals surface area contributed by atoms with Crippen molar-refractivity contribution in [2.75, 3.05) is 6.54 Å². The maximum atomic E-state index is 12.3. The van der Waals surface area contributed by atoms with E-state index < -0.39 is 12.3 Å². The third kappa shape index (κ3) is 7.34. The average Bonchev–Trinajstić information content (AvgIpc) is 3.10. The molecule has 1 amide bonds. The normalized spacial score (nSPS) is 12.4. The Kier molecular flexibility index (Phi) is 11.8. The molecular formula is C19H28F2N6O. The first-order valence-electron chi connectivity index (χ1n) is 8.99. The van der Waals surface area contributed by atoms with Crippen LogP contribution in [0.5, 0.6) is 0 Å². The molecule has 7 nitrogen and oxygen atoms in total. The first-order valence-corrected chi connectivity index (χ1v) is 8.99. The maximum Gasteiger partial charge on any atom is 0.276 e. The number of aliphatic imine (C=N–C) groups is 2. The van der Waals surface area contributed by atoms with Gasteiger partial charge in [0.1, 0.15) is 23.6 Å². The second kappa shape index (κ2) is 13.2. The smallest absolute Gasteiger partial charge is 0.276 e. The molecular weight excluding hydrogens is 366 g/mol. The summed E-state index contributed by atoms with van der Waals surface area (Å²) in [5.74, 6) is -0.138. The van der Waals surface area contributed by atoms with E-state index in [4.69, 9.17) is 5.73 Å². The van der Waals surface area contributed by atoms with E-state index in [2.05, 4.69) is 31.8 Å². The van der Waals surface area contributed by atoms with Crippen LogP contribution in [0.15, 0.2) is 40.7 Å². The number of hydrogen-bond acceptors (Lipinski definition) is 6. The van der Waals surface area contributed by atoms with E-state index in [9.17, 15) is 13.6 Å². The molecule has 0 fully saturated rings. The largest absolute Gasteiger partial charge is 0.382 e. The lowest BCUT2D eigenvalue weighted by molar-refractivity contribution is 0.0951. The van der Waals surface area contributed by atoms with Crippen molar-refractivity contribution in [1.82, 2.24) is 15.3 Å². The molecule has 9 heteroatoms. The maximum absolute atomic E-state index is 12.3. The number of halogens is 2. The predicted molar refractivity (Wildman–Crippen MR) is 109 cm³/mol. The van der Waals surface area contributed by atoms with E-state index in [1.807, 2.05) is 27.7 Å². The molecule has 0 saturated heterocycles. The Balaban J connectivity index is 0.00000171. The van der Waals surface area contributed by atoms with Crippen molar-refractivity contribution in [3.8, 4) is 0 Å². The molecule has 1 aliphatic heterocycles. The summed E-state index contributed by atoms with van der Waals surface area (Å²) in [6.45, 7) is 13.3. The van der Waals surface area contributed by atoms with Gasteiger partial charge < -0.3 is 11.1 Å². The highest BCUT2D eigenvalue weighted by atomic mass is 19.3. The number of nitrogens with two attached hydrogens (primary N) is 1. The van der Waals surface area contributed by atoms with E-state index >= 15 is 0 Å².